The van der Waals surface area contributed by atoms with Gasteiger partial charge in [-0.05, 0) is 25.2 Å². The molecule has 0 spiro atoms. The molecule has 0 nitrogen and oxygen atoms in total. The first-order chi connectivity index (χ1) is 9.38. The predicted octanol–water partition coefficient (Wildman–Crippen LogP) is 6.82. The standard InChI is InChI=1S/C19H34/c1-3-5-7-8-9-10-11-12-15-19-17-13-16-18(19)14-6-4-2/h13,16-17,19H,3-12,14-15H2,1-2H3. The lowest BCUT2D eigenvalue weighted by Gasteiger charge is -2.13. The molecule has 1 atom stereocenters. The van der Waals surface area contributed by atoms with Crippen LogP contribution >= 0.6 is 0 Å². The topological polar surface area (TPSA) is 0 Å². The second kappa shape index (κ2) is 11.3. The fourth-order valence-electron chi connectivity index (χ4n) is 2.99. The smallest absolute Gasteiger partial charge is 0.00170 e. The molecule has 1 aliphatic carbocycles. The number of rotatable bonds is 12. The van der Waals surface area contributed by atoms with Gasteiger partial charge in [-0.15, -0.1) is 0 Å². The van der Waals surface area contributed by atoms with E-state index in [0.717, 1.165) is 5.92 Å². The van der Waals surface area contributed by atoms with Crippen molar-refractivity contribution in [3.05, 3.63) is 23.8 Å². The molecule has 0 aliphatic heterocycles. The van der Waals surface area contributed by atoms with Gasteiger partial charge in [-0.25, -0.2) is 0 Å². The molecule has 0 N–H and O–H groups in total. The highest BCUT2D eigenvalue weighted by molar-refractivity contribution is 5.27. The summed E-state index contributed by atoms with van der Waals surface area (Å²) in [4.78, 5) is 0. The van der Waals surface area contributed by atoms with Crippen LogP contribution in [0.1, 0.15) is 90.9 Å². The Morgan fingerprint density at radius 1 is 0.789 bits per heavy atom. The van der Waals surface area contributed by atoms with E-state index in [4.69, 9.17) is 0 Å². The fourth-order valence-corrected chi connectivity index (χ4v) is 2.99. The van der Waals surface area contributed by atoms with Gasteiger partial charge in [0.15, 0.2) is 0 Å². The van der Waals surface area contributed by atoms with E-state index in [-0.39, 0.29) is 0 Å². The molecule has 0 heterocycles. The third-order valence-electron chi connectivity index (χ3n) is 4.32. The van der Waals surface area contributed by atoms with Crippen LogP contribution in [-0.2, 0) is 0 Å². The van der Waals surface area contributed by atoms with Crippen molar-refractivity contribution in [1.82, 2.24) is 0 Å². The maximum absolute atomic E-state index is 2.42. The van der Waals surface area contributed by atoms with Gasteiger partial charge in [0, 0.05) is 0 Å². The van der Waals surface area contributed by atoms with Gasteiger partial charge >= 0.3 is 0 Å². The lowest BCUT2D eigenvalue weighted by molar-refractivity contribution is 0.535. The summed E-state index contributed by atoms with van der Waals surface area (Å²) < 4.78 is 0. The molecule has 0 heteroatoms. The first-order valence-corrected chi connectivity index (χ1v) is 8.75. The molecule has 0 radical (unpaired) electrons. The van der Waals surface area contributed by atoms with Crippen molar-refractivity contribution >= 4 is 0 Å². The molecule has 0 aromatic carbocycles. The first kappa shape index (κ1) is 16.5. The Morgan fingerprint density at radius 3 is 2.11 bits per heavy atom. The van der Waals surface area contributed by atoms with Crippen molar-refractivity contribution in [3.63, 3.8) is 0 Å². The van der Waals surface area contributed by atoms with Crippen molar-refractivity contribution in [2.45, 2.75) is 90.9 Å². The van der Waals surface area contributed by atoms with Crippen molar-refractivity contribution in [1.29, 1.82) is 0 Å². The summed E-state index contributed by atoms with van der Waals surface area (Å²) in [5.41, 5.74) is 1.70. The quantitative estimate of drug-likeness (QED) is 0.338. The van der Waals surface area contributed by atoms with E-state index >= 15 is 0 Å². The third-order valence-corrected chi connectivity index (χ3v) is 4.32. The summed E-state index contributed by atoms with van der Waals surface area (Å²) in [6, 6.07) is 0. The number of hydrogen-bond acceptors (Lipinski definition) is 0. The van der Waals surface area contributed by atoms with Crippen LogP contribution < -0.4 is 0 Å². The SMILES string of the molecule is CCCCCCCCCCC1C=CC=C1CCCC. The largest absolute Gasteiger partial charge is 0.0773 e. The molecular weight excluding hydrogens is 228 g/mol. The molecule has 1 aliphatic rings. The van der Waals surface area contributed by atoms with E-state index in [2.05, 4.69) is 32.1 Å². The Morgan fingerprint density at radius 2 is 1.42 bits per heavy atom. The average molecular weight is 262 g/mol. The monoisotopic (exact) mass is 262 g/mol. The Hall–Kier alpha value is -0.520. The molecule has 110 valence electrons. The van der Waals surface area contributed by atoms with Crippen molar-refractivity contribution in [2.24, 2.45) is 5.92 Å². The number of unbranched alkanes of at least 4 members (excludes halogenated alkanes) is 8. The van der Waals surface area contributed by atoms with Gasteiger partial charge < -0.3 is 0 Å². The van der Waals surface area contributed by atoms with Crippen LogP contribution in [-0.4, -0.2) is 0 Å². The van der Waals surface area contributed by atoms with Gasteiger partial charge in [-0.1, -0.05) is 95.4 Å². The molecule has 1 rings (SSSR count). The van der Waals surface area contributed by atoms with Gasteiger partial charge in [-0.2, -0.15) is 0 Å². The van der Waals surface area contributed by atoms with Crippen LogP contribution in [0.25, 0.3) is 0 Å². The normalized spacial score (nSPS) is 18.0. The Balaban J connectivity index is 1.97. The Bertz CT molecular complexity index is 259. The van der Waals surface area contributed by atoms with Crippen LogP contribution in [0, 0.1) is 5.92 Å². The summed E-state index contributed by atoms with van der Waals surface area (Å²) in [5.74, 6) is 0.784. The van der Waals surface area contributed by atoms with Crippen LogP contribution in [0.15, 0.2) is 23.8 Å². The van der Waals surface area contributed by atoms with Gasteiger partial charge in [0.1, 0.15) is 0 Å². The maximum atomic E-state index is 2.42. The van der Waals surface area contributed by atoms with Crippen molar-refractivity contribution < 1.29 is 0 Å². The molecule has 0 saturated heterocycles. The van der Waals surface area contributed by atoms with Crippen LogP contribution in [0.3, 0.4) is 0 Å². The minimum absolute atomic E-state index is 0.784. The van der Waals surface area contributed by atoms with E-state index in [9.17, 15) is 0 Å². The lowest BCUT2D eigenvalue weighted by Crippen LogP contribution is -1.98. The van der Waals surface area contributed by atoms with Crippen LogP contribution in [0.4, 0.5) is 0 Å². The first-order valence-electron chi connectivity index (χ1n) is 8.75. The summed E-state index contributed by atoms with van der Waals surface area (Å²) in [5, 5.41) is 0. The zero-order valence-electron chi connectivity index (χ0n) is 13.3. The molecule has 0 saturated carbocycles. The summed E-state index contributed by atoms with van der Waals surface area (Å²) >= 11 is 0. The molecule has 0 amide bonds. The minimum atomic E-state index is 0.784. The Labute approximate surface area is 121 Å². The summed E-state index contributed by atoms with van der Waals surface area (Å²) in [6.45, 7) is 4.58. The van der Waals surface area contributed by atoms with Crippen LogP contribution in [0.2, 0.25) is 0 Å². The molecule has 0 bridgehead atoms. The number of allylic oxidation sites excluding steroid dienone is 4. The predicted molar refractivity (Wildman–Crippen MR) is 87.5 cm³/mol. The van der Waals surface area contributed by atoms with Crippen molar-refractivity contribution in [3.8, 4) is 0 Å². The van der Waals surface area contributed by atoms with E-state index in [1.54, 1.807) is 5.57 Å². The lowest BCUT2D eigenvalue weighted by atomic mass is 9.92. The van der Waals surface area contributed by atoms with Crippen LogP contribution in [0.5, 0.6) is 0 Å². The summed E-state index contributed by atoms with van der Waals surface area (Å²) in [6.07, 6.45) is 23.9. The second-order valence-corrected chi connectivity index (χ2v) is 6.10. The maximum Gasteiger partial charge on any atom is -0.00170 e. The highest BCUT2D eigenvalue weighted by atomic mass is 14.2. The van der Waals surface area contributed by atoms with Crippen molar-refractivity contribution in [2.75, 3.05) is 0 Å². The van der Waals surface area contributed by atoms with E-state index < -0.39 is 0 Å². The fraction of sp³-hybridized carbons (Fsp3) is 0.789. The van der Waals surface area contributed by atoms with E-state index in [1.165, 1.54) is 77.0 Å². The number of hydrogen-bond donors (Lipinski definition) is 0. The highest BCUT2D eigenvalue weighted by Gasteiger charge is 2.13. The third kappa shape index (κ3) is 7.60. The molecule has 1 unspecified atom stereocenters. The zero-order valence-corrected chi connectivity index (χ0v) is 13.3. The molecule has 19 heavy (non-hydrogen) atoms. The Kier molecular flexibility index (Phi) is 9.85. The molecule has 0 fully saturated rings. The molecular formula is C19H34. The minimum Gasteiger partial charge on any atom is -0.0773 e. The molecule has 0 aromatic heterocycles. The van der Waals surface area contributed by atoms with Gasteiger partial charge in [-0.3, -0.25) is 0 Å². The van der Waals surface area contributed by atoms with E-state index in [0.29, 0.717) is 0 Å². The molecule has 0 aromatic rings. The highest BCUT2D eigenvalue weighted by Crippen LogP contribution is 2.28. The van der Waals surface area contributed by atoms with E-state index in [1.807, 2.05) is 0 Å². The summed E-state index contributed by atoms with van der Waals surface area (Å²) in [7, 11) is 0. The van der Waals surface area contributed by atoms with Gasteiger partial charge in [0.25, 0.3) is 0 Å². The zero-order chi connectivity index (χ0) is 13.8. The average Bonchev–Trinajstić information content (AvgIpc) is 2.87. The second-order valence-electron chi connectivity index (χ2n) is 6.10. The van der Waals surface area contributed by atoms with Gasteiger partial charge in [0.05, 0.1) is 0 Å². The van der Waals surface area contributed by atoms with Gasteiger partial charge in [0.2, 0.25) is 0 Å².